The number of benzene rings is 3. The standard InChI is InChI=1S/C20H15BO3/c22-19-20(16-10-4-1-5-11-16,17-12-6-2-7-13-17)24-21(23-19)18-14-8-3-9-15-18/h1-15H. The molecule has 0 N–H and O–H groups in total. The van der Waals surface area contributed by atoms with Gasteiger partial charge < -0.3 is 9.31 Å². The van der Waals surface area contributed by atoms with Gasteiger partial charge in [0.05, 0.1) is 0 Å². The van der Waals surface area contributed by atoms with Gasteiger partial charge in [-0.1, -0.05) is 91.0 Å². The van der Waals surface area contributed by atoms with Crippen LogP contribution in [-0.2, 0) is 19.7 Å². The van der Waals surface area contributed by atoms with Crippen LogP contribution in [0, 0.1) is 0 Å². The monoisotopic (exact) mass is 314 g/mol. The summed E-state index contributed by atoms with van der Waals surface area (Å²) in [6, 6.07) is 28.5. The molecule has 0 bridgehead atoms. The van der Waals surface area contributed by atoms with Gasteiger partial charge in [0.1, 0.15) is 0 Å². The highest BCUT2D eigenvalue weighted by Crippen LogP contribution is 2.39. The molecule has 0 unspecified atom stereocenters. The summed E-state index contributed by atoms with van der Waals surface area (Å²) in [6.45, 7) is 0. The Morgan fingerprint density at radius 3 is 1.62 bits per heavy atom. The molecule has 116 valence electrons. The molecule has 1 aliphatic heterocycles. The Hall–Kier alpha value is -2.85. The molecule has 3 aromatic carbocycles. The number of carbonyl (C=O) groups excluding carboxylic acids is 1. The van der Waals surface area contributed by atoms with Crippen molar-refractivity contribution in [3.05, 3.63) is 102 Å². The van der Waals surface area contributed by atoms with Gasteiger partial charge in [0, 0.05) is 0 Å². The third-order valence-electron chi connectivity index (χ3n) is 4.22. The van der Waals surface area contributed by atoms with E-state index in [1.54, 1.807) is 0 Å². The van der Waals surface area contributed by atoms with Gasteiger partial charge in [0.25, 0.3) is 0 Å². The van der Waals surface area contributed by atoms with Gasteiger partial charge in [-0.25, -0.2) is 4.79 Å². The van der Waals surface area contributed by atoms with Crippen molar-refractivity contribution in [2.75, 3.05) is 0 Å². The summed E-state index contributed by atoms with van der Waals surface area (Å²) in [5, 5.41) is 0. The van der Waals surface area contributed by atoms with Crippen molar-refractivity contribution in [2.45, 2.75) is 5.60 Å². The lowest BCUT2D eigenvalue weighted by Gasteiger charge is -2.26. The van der Waals surface area contributed by atoms with Crippen LogP contribution in [0.5, 0.6) is 0 Å². The molecule has 1 saturated heterocycles. The van der Waals surface area contributed by atoms with Gasteiger partial charge >= 0.3 is 13.1 Å². The van der Waals surface area contributed by atoms with Crippen molar-refractivity contribution in [3.63, 3.8) is 0 Å². The van der Waals surface area contributed by atoms with Crippen molar-refractivity contribution in [1.82, 2.24) is 0 Å². The molecule has 4 rings (SSSR count). The van der Waals surface area contributed by atoms with E-state index in [1.165, 1.54) is 0 Å². The molecule has 0 saturated carbocycles. The van der Waals surface area contributed by atoms with Crippen LogP contribution in [-0.4, -0.2) is 13.1 Å². The van der Waals surface area contributed by atoms with Crippen LogP contribution in [0.1, 0.15) is 11.1 Å². The molecular formula is C20H15BO3. The fourth-order valence-electron chi connectivity index (χ4n) is 3.04. The lowest BCUT2D eigenvalue weighted by Crippen LogP contribution is -2.37. The molecule has 0 aromatic heterocycles. The summed E-state index contributed by atoms with van der Waals surface area (Å²) in [5.41, 5.74) is 1.10. The summed E-state index contributed by atoms with van der Waals surface area (Å²) < 4.78 is 11.9. The molecular weight excluding hydrogens is 299 g/mol. The smallest absolute Gasteiger partial charge is 0.503 e. The van der Waals surface area contributed by atoms with Gasteiger partial charge in [-0.15, -0.1) is 0 Å². The minimum Gasteiger partial charge on any atom is -0.503 e. The van der Waals surface area contributed by atoms with Crippen LogP contribution in [0.2, 0.25) is 0 Å². The minimum atomic E-state index is -1.25. The van der Waals surface area contributed by atoms with E-state index in [0.717, 1.165) is 16.6 Å². The van der Waals surface area contributed by atoms with Gasteiger partial charge in [-0.05, 0) is 16.6 Å². The average Bonchev–Trinajstić information content (AvgIpc) is 3.02. The highest BCUT2D eigenvalue weighted by molar-refractivity contribution is 6.64. The fourth-order valence-corrected chi connectivity index (χ4v) is 3.04. The summed E-state index contributed by atoms with van der Waals surface area (Å²) in [7, 11) is -0.723. The highest BCUT2D eigenvalue weighted by Gasteiger charge is 2.55. The van der Waals surface area contributed by atoms with Crippen LogP contribution in [0.15, 0.2) is 91.0 Å². The molecule has 1 heterocycles. The second-order valence-corrected chi connectivity index (χ2v) is 5.68. The lowest BCUT2D eigenvalue weighted by atomic mass is 9.78. The van der Waals surface area contributed by atoms with Crippen molar-refractivity contribution in [2.24, 2.45) is 0 Å². The van der Waals surface area contributed by atoms with Crippen molar-refractivity contribution in [3.8, 4) is 0 Å². The van der Waals surface area contributed by atoms with E-state index in [1.807, 2.05) is 91.0 Å². The molecule has 0 amide bonds. The van der Waals surface area contributed by atoms with Crippen LogP contribution in [0.4, 0.5) is 0 Å². The van der Waals surface area contributed by atoms with E-state index in [0.29, 0.717) is 0 Å². The zero-order valence-corrected chi connectivity index (χ0v) is 13.0. The summed E-state index contributed by atoms with van der Waals surface area (Å²) in [6.07, 6.45) is 0. The van der Waals surface area contributed by atoms with E-state index in [4.69, 9.17) is 9.31 Å². The minimum absolute atomic E-state index is 0.395. The SMILES string of the molecule is O=C1OB(c2ccccc2)OC1(c1ccccc1)c1ccccc1. The predicted molar refractivity (Wildman–Crippen MR) is 92.7 cm³/mol. The number of carbonyl (C=O) groups is 1. The molecule has 1 fully saturated rings. The Bertz CT molecular complexity index is 795. The molecule has 0 spiro atoms. The Labute approximate surface area is 141 Å². The molecule has 0 atom stereocenters. The first-order valence-electron chi connectivity index (χ1n) is 7.85. The topological polar surface area (TPSA) is 35.5 Å². The van der Waals surface area contributed by atoms with Gasteiger partial charge in [-0.2, -0.15) is 0 Å². The molecule has 0 radical (unpaired) electrons. The Balaban J connectivity index is 1.84. The Morgan fingerprint density at radius 1 is 0.667 bits per heavy atom. The third-order valence-corrected chi connectivity index (χ3v) is 4.22. The quantitative estimate of drug-likeness (QED) is 0.697. The van der Waals surface area contributed by atoms with E-state index >= 15 is 0 Å². The highest BCUT2D eigenvalue weighted by atomic mass is 16.7. The van der Waals surface area contributed by atoms with Gasteiger partial charge in [0.15, 0.2) is 0 Å². The maximum Gasteiger partial charge on any atom is 0.566 e. The molecule has 4 heteroatoms. The van der Waals surface area contributed by atoms with Crippen LogP contribution in [0.3, 0.4) is 0 Å². The summed E-state index contributed by atoms with van der Waals surface area (Å²) in [5.74, 6) is -0.395. The second kappa shape index (κ2) is 5.98. The average molecular weight is 314 g/mol. The first-order chi connectivity index (χ1) is 11.8. The first-order valence-corrected chi connectivity index (χ1v) is 7.85. The van der Waals surface area contributed by atoms with Gasteiger partial charge in [-0.3, -0.25) is 0 Å². The van der Waals surface area contributed by atoms with E-state index < -0.39 is 18.7 Å². The second-order valence-electron chi connectivity index (χ2n) is 5.68. The predicted octanol–water partition coefficient (Wildman–Crippen LogP) is 2.90. The molecule has 3 aromatic rings. The largest absolute Gasteiger partial charge is 0.566 e. The van der Waals surface area contributed by atoms with E-state index in [-0.39, 0.29) is 0 Å². The molecule has 3 nitrogen and oxygen atoms in total. The molecule has 1 aliphatic rings. The lowest BCUT2D eigenvalue weighted by molar-refractivity contribution is -0.141. The van der Waals surface area contributed by atoms with Gasteiger partial charge in [0.2, 0.25) is 5.60 Å². The zero-order valence-electron chi connectivity index (χ0n) is 13.0. The van der Waals surface area contributed by atoms with Crippen molar-refractivity contribution in [1.29, 1.82) is 0 Å². The Kier molecular flexibility index (Phi) is 3.67. The van der Waals surface area contributed by atoms with Crippen molar-refractivity contribution >= 4 is 18.6 Å². The third kappa shape index (κ3) is 2.32. The van der Waals surface area contributed by atoms with Crippen LogP contribution < -0.4 is 5.46 Å². The van der Waals surface area contributed by atoms with Crippen LogP contribution >= 0.6 is 0 Å². The number of rotatable bonds is 3. The summed E-state index contributed by atoms with van der Waals surface area (Å²) >= 11 is 0. The maximum absolute atomic E-state index is 12.9. The maximum atomic E-state index is 12.9. The zero-order chi connectivity index (χ0) is 16.4. The molecule has 24 heavy (non-hydrogen) atoms. The first kappa shape index (κ1) is 14.7. The van der Waals surface area contributed by atoms with E-state index in [2.05, 4.69) is 0 Å². The Morgan fingerprint density at radius 2 is 1.12 bits per heavy atom. The number of hydrogen-bond donors (Lipinski definition) is 0. The van der Waals surface area contributed by atoms with Crippen LogP contribution in [0.25, 0.3) is 0 Å². The number of hydrogen-bond acceptors (Lipinski definition) is 3. The van der Waals surface area contributed by atoms with Crippen molar-refractivity contribution < 1.29 is 14.1 Å². The normalized spacial score (nSPS) is 16.0. The molecule has 0 aliphatic carbocycles. The van der Waals surface area contributed by atoms with E-state index in [9.17, 15) is 4.79 Å². The fraction of sp³-hybridized carbons (Fsp3) is 0.0500. The summed E-state index contributed by atoms with van der Waals surface area (Å²) in [4.78, 5) is 12.9.